The first kappa shape index (κ1) is 14.3. The van der Waals surface area contributed by atoms with Gasteiger partial charge in [-0.05, 0) is 43.4 Å². The van der Waals surface area contributed by atoms with Crippen molar-refractivity contribution in [1.82, 2.24) is 10.2 Å². The molecule has 0 spiro atoms. The quantitative estimate of drug-likeness (QED) is 0.740. The molecule has 2 atom stereocenters. The van der Waals surface area contributed by atoms with Crippen LogP contribution >= 0.6 is 11.8 Å². The average Bonchev–Trinajstić information content (AvgIpc) is 2.63. The summed E-state index contributed by atoms with van der Waals surface area (Å²) in [7, 11) is 0. The van der Waals surface area contributed by atoms with E-state index in [0.29, 0.717) is 6.04 Å². The Kier molecular flexibility index (Phi) is 6.78. The molecule has 1 aliphatic heterocycles. The Morgan fingerprint density at radius 3 is 2.75 bits per heavy atom. The fourth-order valence-electron chi connectivity index (χ4n) is 2.43. The maximum atomic E-state index is 3.56. The number of rotatable bonds is 7. The van der Waals surface area contributed by atoms with Crippen LogP contribution in [0.5, 0.6) is 0 Å². The van der Waals surface area contributed by atoms with E-state index >= 15 is 0 Å². The molecule has 0 amide bonds. The minimum Gasteiger partial charge on any atom is -0.314 e. The van der Waals surface area contributed by atoms with Crippen LogP contribution in [0.2, 0.25) is 0 Å². The molecule has 1 heterocycles. The second-order valence-electron chi connectivity index (χ2n) is 5.54. The predicted octanol–water partition coefficient (Wildman–Crippen LogP) is 2.31. The summed E-state index contributed by atoms with van der Waals surface area (Å²) in [6.07, 6.45) is 3.58. The van der Waals surface area contributed by atoms with Crippen LogP contribution in [0.4, 0.5) is 0 Å². The fraction of sp³-hybridized carbons (Fsp3) is 1.00. The van der Waals surface area contributed by atoms with Gasteiger partial charge in [0.05, 0.1) is 0 Å². The minimum atomic E-state index is 0.629. The van der Waals surface area contributed by atoms with Gasteiger partial charge in [0.2, 0.25) is 0 Å². The van der Waals surface area contributed by atoms with Crippen LogP contribution in [0.1, 0.15) is 27.2 Å². The van der Waals surface area contributed by atoms with Crippen molar-refractivity contribution in [1.29, 1.82) is 0 Å². The highest BCUT2D eigenvalue weighted by atomic mass is 32.2. The molecule has 0 aromatic rings. The van der Waals surface area contributed by atoms with Gasteiger partial charge in [-0.15, -0.1) is 0 Å². The highest BCUT2D eigenvalue weighted by Crippen LogP contribution is 2.17. The Morgan fingerprint density at radius 2 is 2.12 bits per heavy atom. The predicted molar refractivity (Wildman–Crippen MR) is 75.2 cm³/mol. The van der Waals surface area contributed by atoms with Crippen molar-refractivity contribution in [3.8, 4) is 0 Å². The fourth-order valence-corrected chi connectivity index (χ4v) is 3.10. The smallest absolute Gasteiger partial charge is 0.00224 e. The van der Waals surface area contributed by atoms with Crippen LogP contribution < -0.4 is 5.32 Å². The molecule has 2 nitrogen and oxygen atoms in total. The van der Waals surface area contributed by atoms with Gasteiger partial charge in [-0.3, -0.25) is 0 Å². The third kappa shape index (κ3) is 5.55. The molecule has 0 aromatic carbocycles. The summed E-state index contributed by atoms with van der Waals surface area (Å²) in [6, 6.07) is 0.629. The number of nitrogens with one attached hydrogen (secondary N) is 1. The molecule has 96 valence electrons. The standard InChI is InChI=1S/C13H28N2S/c1-11(2)14-7-13-5-6-15(9-13)8-12(3)10-16-4/h11-14H,5-10H2,1-4H3. The van der Waals surface area contributed by atoms with E-state index in [1.54, 1.807) is 0 Å². The van der Waals surface area contributed by atoms with Crippen molar-refractivity contribution in [3.63, 3.8) is 0 Å². The van der Waals surface area contributed by atoms with E-state index in [4.69, 9.17) is 0 Å². The summed E-state index contributed by atoms with van der Waals surface area (Å²) >= 11 is 1.97. The monoisotopic (exact) mass is 244 g/mol. The summed E-state index contributed by atoms with van der Waals surface area (Å²) in [5.41, 5.74) is 0. The van der Waals surface area contributed by atoms with E-state index in [-0.39, 0.29) is 0 Å². The first-order chi connectivity index (χ1) is 7.61. The molecule has 1 aliphatic rings. The molecule has 16 heavy (non-hydrogen) atoms. The normalized spacial score (nSPS) is 24.2. The lowest BCUT2D eigenvalue weighted by molar-refractivity contribution is 0.287. The summed E-state index contributed by atoms with van der Waals surface area (Å²) in [4.78, 5) is 2.65. The van der Waals surface area contributed by atoms with Gasteiger partial charge in [0.15, 0.2) is 0 Å². The first-order valence-electron chi connectivity index (χ1n) is 6.56. The van der Waals surface area contributed by atoms with Crippen molar-refractivity contribution in [2.75, 3.05) is 38.2 Å². The van der Waals surface area contributed by atoms with Gasteiger partial charge >= 0.3 is 0 Å². The summed E-state index contributed by atoms with van der Waals surface area (Å²) in [6.45, 7) is 11.9. The van der Waals surface area contributed by atoms with Crippen LogP contribution in [0.15, 0.2) is 0 Å². The summed E-state index contributed by atoms with van der Waals surface area (Å²) < 4.78 is 0. The maximum Gasteiger partial charge on any atom is 0.00224 e. The molecule has 0 saturated carbocycles. The van der Waals surface area contributed by atoms with Gasteiger partial charge in [0, 0.05) is 19.1 Å². The van der Waals surface area contributed by atoms with E-state index < -0.39 is 0 Å². The molecule has 3 heteroatoms. The Morgan fingerprint density at radius 1 is 1.38 bits per heavy atom. The lowest BCUT2D eigenvalue weighted by atomic mass is 10.1. The number of hydrogen-bond acceptors (Lipinski definition) is 3. The van der Waals surface area contributed by atoms with E-state index in [0.717, 1.165) is 11.8 Å². The van der Waals surface area contributed by atoms with Crippen molar-refractivity contribution >= 4 is 11.8 Å². The lowest BCUT2D eigenvalue weighted by Gasteiger charge is -2.20. The molecule has 0 radical (unpaired) electrons. The molecule has 0 bridgehead atoms. The third-order valence-corrected chi connectivity index (χ3v) is 4.11. The second-order valence-corrected chi connectivity index (χ2v) is 6.45. The van der Waals surface area contributed by atoms with Crippen LogP contribution in [0.25, 0.3) is 0 Å². The average molecular weight is 244 g/mol. The molecule has 1 rings (SSSR count). The van der Waals surface area contributed by atoms with Gasteiger partial charge in [-0.1, -0.05) is 20.8 Å². The first-order valence-corrected chi connectivity index (χ1v) is 7.95. The van der Waals surface area contributed by atoms with Crippen molar-refractivity contribution in [2.24, 2.45) is 11.8 Å². The lowest BCUT2D eigenvalue weighted by Crippen LogP contribution is -2.32. The zero-order chi connectivity index (χ0) is 12.0. The van der Waals surface area contributed by atoms with Crippen LogP contribution in [0.3, 0.4) is 0 Å². The van der Waals surface area contributed by atoms with Gasteiger partial charge in [-0.2, -0.15) is 11.8 Å². The van der Waals surface area contributed by atoms with Gasteiger partial charge in [0.1, 0.15) is 0 Å². The largest absolute Gasteiger partial charge is 0.314 e. The highest BCUT2D eigenvalue weighted by molar-refractivity contribution is 7.98. The zero-order valence-corrected chi connectivity index (χ0v) is 12.1. The minimum absolute atomic E-state index is 0.629. The van der Waals surface area contributed by atoms with Crippen molar-refractivity contribution in [3.05, 3.63) is 0 Å². The number of likely N-dealkylation sites (tertiary alicyclic amines) is 1. The van der Waals surface area contributed by atoms with Gasteiger partial charge < -0.3 is 10.2 Å². The van der Waals surface area contributed by atoms with Gasteiger partial charge in [-0.25, -0.2) is 0 Å². The summed E-state index contributed by atoms with van der Waals surface area (Å²) in [5, 5.41) is 3.56. The molecule has 1 fully saturated rings. The number of hydrogen-bond donors (Lipinski definition) is 1. The Labute approximate surface area is 106 Å². The molecule has 1 N–H and O–H groups in total. The SMILES string of the molecule is CSCC(C)CN1CCC(CNC(C)C)C1. The van der Waals surface area contributed by atoms with Crippen molar-refractivity contribution < 1.29 is 0 Å². The van der Waals surface area contributed by atoms with E-state index in [1.807, 2.05) is 11.8 Å². The van der Waals surface area contributed by atoms with Crippen LogP contribution in [-0.2, 0) is 0 Å². The Bertz CT molecular complexity index is 185. The number of nitrogens with zero attached hydrogens (tertiary/aromatic N) is 1. The van der Waals surface area contributed by atoms with E-state index in [2.05, 4.69) is 37.2 Å². The second kappa shape index (κ2) is 7.57. The zero-order valence-electron chi connectivity index (χ0n) is 11.3. The summed E-state index contributed by atoms with van der Waals surface area (Å²) in [5.74, 6) is 3.02. The Balaban J connectivity index is 2.14. The van der Waals surface area contributed by atoms with E-state index in [1.165, 1.54) is 38.4 Å². The van der Waals surface area contributed by atoms with Crippen LogP contribution in [0, 0.1) is 11.8 Å². The van der Waals surface area contributed by atoms with Gasteiger partial charge in [0.25, 0.3) is 0 Å². The molecular formula is C13H28N2S. The molecule has 1 saturated heterocycles. The number of thioether (sulfide) groups is 1. The topological polar surface area (TPSA) is 15.3 Å². The molecule has 0 aliphatic carbocycles. The molecule has 0 aromatic heterocycles. The highest BCUT2D eigenvalue weighted by Gasteiger charge is 2.23. The molecular weight excluding hydrogens is 216 g/mol. The maximum absolute atomic E-state index is 3.56. The Hall–Kier alpha value is 0.270. The molecule has 2 unspecified atom stereocenters. The van der Waals surface area contributed by atoms with Crippen LogP contribution in [-0.4, -0.2) is 49.1 Å². The third-order valence-electron chi connectivity index (χ3n) is 3.21. The van der Waals surface area contributed by atoms with Crippen molar-refractivity contribution in [2.45, 2.75) is 33.2 Å². The van der Waals surface area contributed by atoms with E-state index in [9.17, 15) is 0 Å².